The summed E-state index contributed by atoms with van der Waals surface area (Å²) in [5.74, 6) is 0.995. The van der Waals surface area contributed by atoms with Gasteiger partial charge in [-0.1, -0.05) is 0 Å². The van der Waals surface area contributed by atoms with E-state index in [1.807, 2.05) is 20.2 Å². The van der Waals surface area contributed by atoms with Crippen LogP contribution in [0.4, 0.5) is 0 Å². The Labute approximate surface area is 112 Å². The van der Waals surface area contributed by atoms with E-state index in [1.54, 1.807) is 11.3 Å². The molecule has 0 fully saturated rings. The lowest BCUT2D eigenvalue weighted by atomic mass is 10.3. The molecule has 5 heteroatoms. The minimum absolute atomic E-state index is 0.806. The second-order valence-corrected chi connectivity index (χ2v) is 5.54. The van der Waals surface area contributed by atoms with Crippen molar-refractivity contribution in [1.82, 2.24) is 15.2 Å². The number of rotatable bonds is 6. The zero-order valence-corrected chi connectivity index (χ0v) is 11.9. The van der Waals surface area contributed by atoms with E-state index in [0.29, 0.717) is 0 Å². The molecule has 0 aliphatic heterocycles. The zero-order valence-electron chi connectivity index (χ0n) is 11.1. The molecule has 0 spiro atoms. The van der Waals surface area contributed by atoms with Gasteiger partial charge in [-0.25, -0.2) is 4.98 Å². The monoisotopic (exact) mass is 265 g/mol. The van der Waals surface area contributed by atoms with Crippen LogP contribution in [0.15, 0.2) is 22.1 Å². The maximum absolute atomic E-state index is 5.53. The summed E-state index contributed by atoms with van der Waals surface area (Å²) in [7, 11) is 4.01. The fraction of sp³-hybridized carbons (Fsp3) is 0.462. The summed E-state index contributed by atoms with van der Waals surface area (Å²) in [6.07, 6.45) is 1.81. The lowest BCUT2D eigenvalue weighted by Crippen LogP contribution is -2.17. The summed E-state index contributed by atoms with van der Waals surface area (Å²) in [6, 6.07) is 2.10. The molecular weight excluding hydrogens is 246 g/mol. The Kier molecular flexibility index (Phi) is 4.52. The molecule has 0 aliphatic carbocycles. The van der Waals surface area contributed by atoms with Crippen LogP contribution in [0.5, 0.6) is 0 Å². The quantitative estimate of drug-likeness (QED) is 0.871. The van der Waals surface area contributed by atoms with E-state index < -0.39 is 0 Å². The van der Waals surface area contributed by atoms with Crippen LogP contribution in [-0.2, 0) is 19.6 Å². The number of hydrogen-bond donors (Lipinski definition) is 1. The Hall–Kier alpha value is -1.17. The van der Waals surface area contributed by atoms with Crippen molar-refractivity contribution in [3.63, 3.8) is 0 Å². The van der Waals surface area contributed by atoms with Gasteiger partial charge in [-0.2, -0.15) is 0 Å². The first kappa shape index (κ1) is 13.3. The summed E-state index contributed by atoms with van der Waals surface area (Å²) in [4.78, 5) is 6.67. The van der Waals surface area contributed by atoms with E-state index in [-0.39, 0.29) is 0 Å². The fourth-order valence-electron chi connectivity index (χ4n) is 1.89. The van der Waals surface area contributed by atoms with Crippen LogP contribution in [0.3, 0.4) is 0 Å². The number of hydrogen-bond acceptors (Lipinski definition) is 5. The molecule has 2 aromatic rings. The van der Waals surface area contributed by atoms with Gasteiger partial charge in [0.1, 0.15) is 5.76 Å². The average molecular weight is 265 g/mol. The molecular formula is C13H19N3OS. The third-order valence-corrected chi connectivity index (χ3v) is 3.44. The lowest BCUT2D eigenvalue weighted by Gasteiger charge is -2.12. The molecule has 0 saturated heterocycles. The number of nitrogens with one attached hydrogen (secondary N) is 1. The van der Waals surface area contributed by atoms with Gasteiger partial charge in [-0.05, 0) is 27.1 Å². The van der Waals surface area contributed by atoms with Gasteiger partial charge in [-0.3, -0.25) is 4.90 Å². The van der Waals surface area contributed by atoms with Crippen molar-refractivity contribution < 1.29 is 4.42 Å². The van der Waals surface area contributed by atoms with Crippen LogP contribution in [0.1, 0.15) is 22.0 Å². The van der Waals surface area contributed by atoms with Crippen LogP contribution in [0, 0.1) is 6.92 Å². The molecule has 2 aromatic heterocycles. The molecule has 18 heavy (non-hydrogen) atoms. The Balaban J connectivity index is 1.88. The third kappa shape index (κ3) is 3.66. The lowest BCUT2D eigenvalue weighted by molar-refractivity contribution is 0.285. The number of aryl methyl sites for hydroxylation is 1. The van der Waals surface area contributed by atoms with E-state index in [1.165, 1.54) is 5.56 Å². The van der Waals surface area contributed by atoms with Crippen LogP contribution >= 0.6 is 11.3 Å². The van der Waals surface area contributed by atoms with Crippen molar-refractivity contribution >= 4 is 11.3 Å². The highest BCUT2D eigenvalue weighted by molar-refractivity contribution is 7.09. The van der Waals surface area contributed by atoms with Crippen LogP contribution in [0.2, 0.25) is 0 Å². The average Bonchev–Trinajstić information content (AvgIpc) is 2.89. The third-order valence-electron chi connectivity index (χ3n) is 2.61. The van der Waals surface area contributed by atoms with E-state index in [9.17, 15) is 0 Å². The molecule has 2 heterocycles. The fourth-order valence-corrected chi connectivity index (χ4v) is 2.49. The molecule has 98 valence electrons. The predicted octanol–water partition coefficient (Wildman–Crippen LogP) is 2.40. The number of thiazole rings is 1. The number of furan rings is 1. The maximum atomic E-state index is 5.53. The normalized spacial score (nSPS) is 11.3. The van der Waals surface area contributed by atoms with Crippen LogP contribution < -0.4 is 5.32 Å². The standard InChI is InChI=1S/C13H19N3OS/c1-10-15-12(9-18-10)6-16(3)7-13-4-11(5-14-2)8-17-13/h4,8-9,14H,5-7H2,1-3H3. The second kappa shape index (κ2) is 6.13. The second-order valence-electron chi connectivity index (χ2n) is 4.48. The summed E-state index contributed by atoms with van der Waals surface area (Å²) in [5, 5.41) is 6.34. The highest BCUT2D eigenvalue weighted by atomic mass is 32.1. The largest absolute Gasteiger partial charge is 0.468 e. The van der Waals surface area contributed by atoms with Gasteiger partial charge >= 0.3 is 0 Å². The summed E-state index contributed by atoms with van der Waals surface area (Å²) < 4.78 is 5.53. The molecule has 0 amide bonds. The molecule has 0 aliphatic rings. The van der Waals surface area contributed by atoms with Gasteiger partial charge in [0, 0.05) is 24.0 Å². The molecule has 2 rings (SSSR count). The summed E-state index contributed by atoms with van der Waals surface area (Å²) >= 11 is 1.69. The molecule has 0 aromatic carbocycles. The Morgan fingerprint density at radius 3 is 2.94 bits per heavy atom. The number of nitrogens with zero attached hydrogens (tertiary/aromatic N) is 2. The Bertz CT molecular complexity index is 492. The smallest absolute Gasteiger partial charge is 0.118 e. The molecule has 0 saturated carbocycles. The summed E-state index contributed by atoms with van der Waals surface area (Å²) in [6.45, 7) is 4.54. The van der Waals surface area contributed by atoms with Crippen molar-refractivity contribution in [2.24, 2.45) is 0 Å². The highest BCUT2D eigenvalue weighted by Gasteiger charge is 2.07. The van der Waals surface area contributed by atoms with Gasteiger partial charge in [0.15, 0.2) is 0 Å². The van der Waals surface area contributed by atoms with Crippen LogP contribution in [-0.4, -0.2) is 24.0 Å². The first-order valence-corrected chi connectivity index (χ1v) is 6.86. The Morgan fingerprint density at radius 2 is 2.28 bits per heavy atom. The first-order valence-electron chi connectivity index (χ1n) is 5.98. The molecule has 1 N–H and O–H groups in total. The predicted molar refractivity (Wildman–Crippen MR) is 73.5 cm³/mol. The maximum Gasteiger partial charge on any atom is 0.118 e. The topological polar surface area (TPSA) is 41.3 Å². The van der Waals surface area contributed by atoms with E-state index in [4.69, 9.17) is 4.42 Å². The van der Waals surface area contributed by atoms with Gasteiger partial charge in [0.2, 0.25) is 0 Å². The minimum atomic E-state index is 0.806. The SMILES string of the molecule is CNCc1coc(CN(C)Cc2csc(C)n2)c1. The molecule has 0 atom stereocenters. The molecule has 0 bridgehead atoms. The van der Waals surface area contributed by atoms with E-state index in [0.717, 1.165) is 36.1 Å². The van der Waals surface area contributed by atoms with Crippen molar-refractivity contribution in [1.29, 1.82) is 0 Å². The van der Waals surface area contributed by atoms with Crippen molar-refractivity contribution in [2.75, 3.05) is 14.1 Å². The van der Waals surface area contributed by atoms with Crippen molar-refractivity contribution in [3.05, 3.63) is 39.7 Å². The molecule has 0 radical (unpaired) electrons. The summed E-state index contributed by atoms with van der Waals surface area (Å²) in [5.41, 5.74) is 2.31. The molecule has 0 unspecified atom stereocenters. The van der Waals surface area contributed by atoms with Gasteiger partial charge in [-0.15, -0.1) is 11.3 Å². The van der Waals surface area contributed by atoms with Gasteiger partial charge < -0.3 is 9.73 Å². The van der Waals surface area contributed by atoms with Crippen LogP contribution in [0.25, 0.3) is 0 Å². The van der Waals surface area contributed by atoms with Gasteiger partial charge in [0.25, 0.3) is 0 Å². The highest BCUT2D eigenvalue weighted by Crippen LogP contribution is 2.13. The molecule has 4 nitrogen and oxygen atoms in total. The van der Waals surface area contributed by atoms with E-state index >= 15 is 0 Å². The zero-order chi connectivity index (χ0) is 13.0. The van der Waals surface area contributed by atoms with Crippen molar-refractivity contribution in [2.45, 2.75) is 26.6 Å². The van der Waals surface area contributed by atoms with Crippen molar-refractivity contribution in [3.8, 4) is 0 Å². The van der Waals surface area contributed by atoms with Gasteiger partial charge in [0.05, 0.1) is 23.5 Å². The number of aromatic nitrogens is 1. The first-order chi connectivity index (χ1) is 8.67. The minimum Gasteiger partial charge on any atom is -0.468 e. The Morgan fingerprint density at radius 1 is 1.44 bits per heavy atom. The van der Waals surface area contributed by atoms with E-state index in [2.05, 4.69) is 33.7 Å².